The average Bonchev–Trinajstić information content (AvgIpc) is 4.02. The van der Waals surface area contributed by atoms with Crippen molar-refractivity contribution in [3.63, 3.8) is 0 Å². The van der Waals surface area contributed by atoms with Crippen molar-refractivity contribution in [1.82, 2.24) is 24.1 Å². The van der Waals surface area contributed by atoms with E-state index >= 15 is 0 Å². The first-order chi connectivity index (χ1) is 31.2. The molecule has 4 aromatic heterocycles. The number of rotatable bonds is 6. The minimum Gasteiger partial charge on any atom is -0.456 e. The quantitative estimate of drug-likeness (QED) is 0.168. The molecule has 6 nitrogen and oxygen atoms in total. The third-order valence-electron chi connectivity index (χ3n) is 12.4. The zero-order valence-electron chi connectivity index (χ0n) is 33.9. The Morgan fingerprint density at radius 3 is 1.54 bits per heavy atom. The van der Waals surface area contributed by atoms with Crippen LogP contribution in [0.3, 0.4) is 0 Å². The van der Waals surface area contributed by atoms with Gasteiger partial charge in [-0.25, -0.2) is 4.98 Å². The van der Waals surface area contributed by atoms with Gasteiger partial charge in [0, 0.05) is 49.0 Å². The van der Waals surface area contributed by atoms with E-state index < -0.39 is 0 Å². The van der Waals surface area contributed by atoms with E-state index in [4.69, 9.17) is 19.4 Å². The molecule has 0 unspecified atom stereocenters. The summed E-state index contributed by atoms with van der Waals surface area (Å²) in [5.74, 6) is 1.70. The van der Waals surface area contributed by atoms with Crippen LogP contribution in [0, 0.1) is 0 Å². The van der Waals surface area contributed by atoms with Crippen molar-refractivity contribution >= 4 is 65.6 Å². The minimum absolute atomic E-state index is 0.536. The lowest BCUT2D eigenvalue weighted by Crippen LogP contribution is -2.07. The molecule has 0 aliphatic carbocycles. The number of benzene rings is 9. The van der Waals surface area contributed by atoms with Crippen molar-refractivity contribution in [3.8, 4) is 56.7 Å². The second kappa shape index (κ2) is 14.0. The third kappa shape index (κ3) is 5.55. The first-order valence-electron chi connectivity index (χ1n) is 21.2. The molecule has 6 heteroatoms. The largest absolute Gasteiger partial charge is 0.456 e. The smallest absolute Gasteiger partial charge is 0.238 e. The fourth-order valence-electron chi connectivity index (χ4n) is 9.52. The van der Waals surface area contributed by atoms with Crippen molar-refractivity contribution in [2.45, 2.75) is 0 Å². The second-order valence-corrected chi connectivity index (χ2v) is 16.0. The van der Waals surface area contributed by atoms with Gasteiger partial charge in [-0.05, 0) is 65.2 Å². The predicted molar refractivity (Wildman–Crippen MR) is 258 cm³/mol. The Balaban J connectivity index is 1.15. The van der Waals surface area contributed by atoms with Gasteiger partial charge in [0.1, 0.15) is 11.2 Å². The SMILES string of the molecule is c1ccc(-c2ccc(-n3c4ccccc4c4ccc5c6ccccc6n(-c6nc(-c7ccccc7)nc(-c7ccc8oc9ccccc9c8c7)n6)c5c43)c(-c3ccccc3)c2)cc1. The highest BCUT2D eigenvalue weighted by molar-refractivity contribution is 6.24. The van der Waals surface area contributed by atoms with Gasteiger partial charge in [-0.2, -0.15) is 9.97 Å². The van der Waals surface area contributed by atoms with Crippen LogP contribution >= 0.6 is 0 Å². The summed E-state index contributed by atoms with van der Waals surface area (Å²) in [7, 11) is 0. The van der Waals surface area contributed by atoms with E-state index in [2.05, 4.69) is 173 Å². The molecule has 4 heterocycles. The Morgan fingerprint density at radius 1 is 0.317 bits per heavy atom. The van der Waals surface area contributed by atoms with E-state index in [1.807, 2.05) is 48.5 Å². The molecule has 0 aliphatic rings. The number of furan rings is 1. The number of aromatic nitrogens is 5. The summed E-state index contributed by atoms with van der Waals surface area (Å²) in [6.07, 6.45) is 0. The van der Waals surface area contributed by atoms with Crippen LogP contribution in [0.15, 0.2) is 217 Å². The number of hydrogen-bond donors (Lipinski definition) is 0. The van der Waals surface area contributed by atoms with Gasteiger partial charge in [-0.1, -0.05) is 164 Å². The Labute approximate surface area is 361 Å². The van der Waals surface area contributed by atoms with Gasteiger partial charge in [0.2, 0.25) is 5.95 Å². The fraction of sp³-hybridized carbons (Fsp3) is 0. The summed E-state index contributed by atoms with van der Waals surface area (Å²) < 4.78 is 10.9. The predicted octanol–water partition coefficient (Wildman–Crippen LogP) is 14.6. The van der Waals surface area contributed by atoms with Crippen molar-refractivity contribution in [3.05, 3.63) is 212 Å². The number of hydrogen-bond acceptors (Lipinski definition) is 4. The molecule has 0 radical (unpaired) electrons. The van der Waals surface area contributed by atoms with Crippen molar-refractivity contribution < 1.29 is 4.42 Å². The molecule has 294 valence electrons. The van der Waals surface area contributed by atoms with Crippen LogP contribution in [0.25, 0.3) is 122 Å². The van der Waals surface area contributed by atoms with E-state index in [0.29, 0.717) is 17.6 Å². The Bertz CT molecular complexity index is 3900. The van der Waals surface area contributed by atoms with E-state index in [1.54, 1.807) is 0 Å². The highest BCUT2D eigenvalue weighted by Crippen LogP contribution is 2.44. The fourth-order valence-corrected chi connectivity index (χ4v) is 9.52. The summed E-state index contributed by atoms with van der Waals surface area (Å²) in [6, 6.07) is 74.6. The van der Waals surface area contributed by atoms with Gasteiger partial charge >= 0.3 is 0 Å². The van der Waals surface area contributed by atoms with Crippen LogP contribution in [0.5, 0.6) is 0 Å². The van der Waals surface area contributed by atoms with Crippen molar-refractivity contribution in [2.75, 3.05) is 0 Å². The third-order valence-corrected chi connectivity index (χ3v) is 12.4. The van der Waals surface area contributed by atoms with E-state index in [0.717, 1.165) is 93.7 Å². The van der Waals surface area contributed by atoms with Crippen LogP contribution in [0.4, 0.5) is 0 Å². The van der Waals surface area contributed by atoms with Crippen LogP contribution < -0.4 is 0 Å². The molecule has 0 bridgehead atoms. The van der Waals surface area contributed by atoms with E-state index in [-0.39, 0.29) is 0 Å². The average molecular weight is 806 g/mol. The summed E-state index contributed by atoms with van der Waals surface area (Å²) in [5.41, 5.74) is 13.3. The lowest BCUT2D eigenvalue weighted by atomic mass is 9.97. The molecular weight excluding hydrogens is 771 g/mol. The first kappa shape index (κ1) is 35.2. The second-order valence-electron chi connectivity index (χ2n) is 16.0. The zero-order chi connectivity index (χ0) is 41.4. The zero-order valence-corrected chi connectivity index (χ0v) is 33.9. The monoisotopic (exact) mass is 805 g/mol. The molecular formula is C57H35N5O. The molecule has 0 amide bonds. The summed E-state index contributed by atoms with van der Waals surface area (Å²) in [6.45, 7) is 0. The molecule has 63 heavy (non-hydrogen) atoms. The standard InChI is InChI=1S/C57H35N5O/c1-4-16-36(17-5-1)39-28-32-50(46(34-39)37-18-6-2-7-19-37)61-48-25-13-10-22-41(48)44-30-31-45-42-23-11-14-26-49(42)62(54(45)53(44)61)57-59-55(38-20-8-3-9-21-38)58-56(60-57)40-29-33-52-47(35-40)43-24-12-15-27-51(43)63-52/h1-35H. The van der Waals surface area contributed by atoms with Gasteiger partial charge in [0.25, 0.3) is 0 Å². The first-order valence-corrected chi connectivity index (χ1v) is 21.2. The summed E-state index contributed by atoms with van der Waals surface area (Å²) >= 11 is 0. The minimum atomic E-state index is 0.536. The molecule has 0 fully saturated rings. The molecule has 0 atom stereocenters. The molecule has 0 spiro atoms. The molecule has 0 aliphatic heterocycles. The van der Waals surface area contributed by atoms with Gasteiger partial charge in [-0.3, -0.25) is 4.57 Å². The van der Waals surface area contributed by atoms with Gasteiger partial charge in [0.05, 0.1) is 27.8 Å². The number of para-hydroxylation sites is 3. The maximum Gasteiger partial charge on any atom is 0.238 e. The molecule has 0 saturated carbocycles. The maximum atomic E-state index is 6.23. The van der Waals surface area contributed by atoms with Crippen molar-refractivity contribution in [2.24, 2.45) is 0 Å². The van der Waals surface area contributed by atoms with Gasteiger partial charge in [0.15, 0.2) is 11.6 Å². The molecule has 9 aromatic carbocycles. The molecule has 0 saturated heterocycles. The lowest BCUT2D eigenvalue weighted by Gasteiger charge is -2.17. The summed E-state index contributed by atoms with van der Waals surface area (Å²) in [4.78, 5) is 16.0. The number of fused-ring (bicyclic) bond motifs is 10. The highest BCUT2D eigenvalue weighted by Gasteiger charge is 2.25. The van der Waals surface area contributed by atoms with Gasteiger partial charge < -0.3 is 8.98 Å². The molecule has 13 aromatic rings. The Kier molecular flexibility index (Phi) is 7.80. The molecule has 13 rings (SSSR count). The normalized spacial score (nSPS) is 11.8. The Morgan fingerprint density at radius 2 is 0.841 bits per heavy atom. The topological polar surface area (TPSA) is 61.7 Å². The van der Waals surface area contributed by atoms with E-state index in [9.17, 15) is 0 Å². The number of nitrogens with zero attached hydrogens (tertiary/aromatic N) is 5. The van der Waals surface area contributed by atoms with Crippen LogP contribution in [-0.2, 0) is 0 Å². The molecule has 0 N–H and O–H groups in total. The highest BCUT2D eigenvalue weighted by atomic mass is 16.3. The maximum absolute atomic E-state index is 6.23. The lowest BCUT2D eigenvalue weighted by molar-refractivity contribution is 0.669. The summed E-state index contributed by atoms with van der Waals surface area (Å²) in [5, 5.41) is 6.60. The van der Waals surface area contributed by atoms with Crippen LogP contribution in [0.2, 0.25) is 0 Å². The van der Waals surface area contributed by atoms with Crippen molar-refractivity contribution in [1.29, 1.82) is 0 Å². The van der Waals surface area contributed by atoms with Crippen LogP contribution in [0.1, 0.15) is 0 Å². The Hall–Kier alpha value is -8.61. The van der Waals surface area contributed by atoms with Crippen LogP contribution in [-0.4, -0.2) is 24.1 Å². The van der Waals surface area contributed by atoms with Gasteiger partial charge in [-0.15, -0.1) is 0 Å². The van der Waals surface area contributed by atoms with E-state index in [1.165, 1.54) is 10.9 Å².